The van der Waals surface area contributed by atoms with Crippen molar-refractivity contribution in [1.29, 1.82) is 0 Å². The average molecular weight is 364 g/mol. The highest BCUT2D eigenvalue weighted by Crippen LogP contribution is 2.34. The lowest BCUT2D eigenvalue weighted by molar-refractivity contribution is -0.132. The van der Waals surface area contributed by atoms with Gasteiger partial charge in [0.1, 0.15) is 5.54 Å². The minimum atomic E-state index is -0.850. The number of aryl methyl sites for hydroxylation is 1. The zero-order chi connectivity index (χ0) is 19.0. The van der Waals surface area contributed by atoms with Crippen LogP contribution in [0, 0.1) is 0 Å². The Morgan fingerprint density at radius 2 is 1.81 bits per heavy atom. The third kappa shape index (κ3) is 2.97. The number of imide groups is 1. The molecule has 6 nitrogen and oxygen atoms in total. The second-order valence-corrected chi connectivity index (χ2v) is 7.04. The molecule has 0 aromatic heterocycles. The molecule has 1 atom stereocenters. The molecule has 1 N–H and O–H groups in total. The van der Waals surface area contributed by atoms with Gasteiger partial charge in [0.15, 0.2) is 0 Å². The zero-order valence-electron chi connectivity index (χ0n) is 15.0. The van der Waals surface area contributed by atoms with Gasteiger partial charge in [0.25, 0.3) is 5.91 Å². The van der Waals surface area contributed by atoms with Crippen molar-refractivity contribution in [2.75, 3.05) is 7.11 Å². The van der Waals surface area contributed by atoms with E-state index < -0.39 is 11.5 Å². The Labute approximate surface area is 157 Å². The molecule has 6 heteroatoms. The number of benzene rings is 2. The van der Waals surface area contributed by atoms with Crippen molar-refractivity contribution in [3.63, 3.8) is 0 Å². The van der Waals surface area contributed by atoms with Gasteiger partial charge in [0.05, 0.1) is 19.2 Å². The van der Waals surface area contributed by atoms with Gasteiger partial charge in [0.2, 0.25) is 0 Å². The van der Waals surface area contributed by atoms with Gasteiger partial charge in [-0.25, -0.2) is 9.59 Å². The highest BCUT2D eigenvalue weighted by atomic mass is 16.5. The Morgan fingerprint density at radius 1 is 1.11 bits per heavy atom. The topological polar surface area (TPSA) is 75.7 Å². The van der Waals surface area contributed by atoms with E-state index in [4.69, 9.17) is 0 Å². The SMILES string of the molecule is COC(=O)c1ccc(CN2C(=O)NC3(CCc4ccccc4C3)C2=O)cc1. The molecular weight excluding hydrogens is 344 g/mol. The van der Waals surface area contributed by atoms with E-state index in [1.54, 1.807) is 24.3 Å². The van der Waals surface area contributed by atoms with Crippen LogP contribution < -0.4 is 5.32 Å². The number of hydrogen-bond donors (Lipinski definition) is 1. The fraction of sp³-hybridized carbons (Fsp3) is 0.286. The molecule has 1 aliphatic carbocycles. The Hall–Kier alpha value is -3.15. The Bertz CT molecular complexity index is 922. The van der Waals surface area contributed by atoms with Crippen LogP contribution in [0.1, 0.15) is 33.5 Å². The van der Waals surface area contributed by atoms with Crippen molar-refractivity contribution < 1.29 is 19.1 Å². The molecule has 2 aromatic carbocycles. The highest BCUT2D eigenvalue weighted by molar-refractivity contribution is 6.07. The molecule has 0 saturated carbocycles. The van der Waals surface area contributed by atoms with Crippen molar-refractivity contribution in [3.8, 4) is 0 Å². The van der Waals surface area contributed by atoms with Gasteiger partial charge in [-0.05, 0) is 41.7 Å². The monoisotopic (exact) mass is 364 g/mol. The second kappa shape index (κ2) is 6.54. The van der Waals surface area contributed by atoms with Gasteiger partial charge >= 0.3 is 12.0 Å². The minimum absolute atomic E-state index is 0.176. The zero-order valence-corrected chi connectivity index (χ0v) is 15.0. The quantitative estimate of drug-likeness (QED) is 0.671. The number of nitrogens with zero attached hydrogens (tertiary/aromatic N) is 1. The smallest absolute Gasteiger partial charge is 0.337 e. The van der Waals surface area contributed by atoms with Crippen LogP contribution >= 0.6 is 0 Å². The summed E-state index contributed by atoms with van der Waals surface area (Å²) in [5.41, 5.74) is 2.71. The molecule has 1 fully saturated rings. The number of carbonyl (C=O) groups excluding carboxylic acids is 3. The van der Waals surface area contributed by atoms with Gasteiger partial charge < -0.3 is 10.1 Å². The van der Waals surface area contributed by atoms with Crippen molar-refractivity contribution in [2.45, 2.75) is 31.3 Å². The lowest BCUT2D eigenvalue weighted by atomic mass is 9.78. The summed E-state index contributed by atoms with van der Waals surface area (Å²) in [5.74, 6) is -0.601. The van der Waals surface area contributed by atoms with Gasteiger partial charge in [-0.3, -0.25) is 9.69 Å². The molecule has 2 aromatic rings. The van der Waals surface area contributed by atoms with Crippen LogP contribution in [-0.2, 0) is 28.9 Å². The van der Waals surface area contributed by atoms with Crippen LogP contribution in [0.25, 0.3) is 0 Å². The van der Waals surface area contributed by atoms with E-state index in [-0.39, 0.29) is 18.5 Å². The van der Waals surface area contributed by atoms with Gasteiger partial charge in [-0.1, -0.05) is 36.4 Å². The lowest BCUT2D eigenvalue weighted by Crippen LogP contribution is -2.51. The standard InChI is InChI=1S/C21H20N2O4/c1-27-18(24)16-8-6-14(7-9-16)13-23-19(25)21(22-20(23)26)11-10-15-4-2-3-5-17(15)12-21/h2-9H,10-13H2,1H3,(H,22,26). The predicted octanol–water partition coefficient (Wildman–Crippen LogP) is 2.45. The third-order valence-corrected chi connectivity index (χ3v) is 5.39. The maximum atomic E-state index is 13.1. The second-order valence-electron chi connectivity index (χ2n) is 7.04. The molecule has 1 saturated heterocycles. The normalized spacial score (nSPS) is 21.1. The summed E-state index contributed by atoms with van der Waals surface area (Å²) >= 11 is 0. The number of carbonyl (C=O) groups is 3. The van der Waals surface area contributed by atoms with Crippen LogP contribution in [0.2, 0.25) is 0 Å². The van der Waals surface area contributed by atoms with Crippen molar-refractivity contribution in [3.05, 3.63) is 70.8 Å². The number of nitrogens with one attached hydrogen (secondary N) is 1. The first-order valence-corrected chi connectivity index (χ1v) is 8.90. The minimum Gasteiger partial charge on any atom is -0.465 e. The summed E-state index contributed by atoms with van der Waals surface area (Å²) in [6, 6.07) is 14.4. The van der Waals surface area contributed by atoms with Crippen LogP contribution in [0.15, 0.2) is 48.5 Å². The first-order valence-electron chi connectivity index (χ1n) is 8.90. The summed E-state index contributed by atoms with van der Waals surface area (Å²) in [7, 11) is 1.32. The highest BCUT2D eigenvalue weighted by Gasteiger charge is 2.52. The van der Waals surface area contributed by atoms with E-state index in [1.807, 2.05) is 18.2 Å². The summed E-state index contributed by atoms with van der Waals surface area (Å²) in [4.78, 5) is 38.4. The number of urea groups is 1. The molecule has 138 valence electrons. The molecule has 0 bridgehead atoms. The molecule has 4 rings (SSSR count). The van der Waals surface area contributed by atoms with E-state index in [1.165, 1.54) is 17.6 Å². The molecule has 1 aliphatic heterocycles. The van der Waals surface area contributed by atoms with Crippen molar-refractivity contribution in [2.24, 2.45) is 0 Å². The van der Waals surface area contributed by atoms with Crippen molar-refractivity contribution >= 4 is 17.9 Å². The fourth-order valence-electron chi connectivity index (χ4n) is 3.89. The van der Waals surface area contributed by atoms with E-state index in [9.17, 15) is 14.4 Å². The Kier molecular flexibility index (Phi) is 4.18. The molecule has 2 aliphatic rings. The average Bonchev–Trinajstić information content (AvgIpc) is 2.91. The number of methoxy groups -OCH3 is 1. The lowest BCUT2D eigenvalue weighted by Gasteiger charge is -2.32. The van der Waals surface area contributed by atoms with E-state index in [0.29, 0.717) is 18.4 Å². The fourth-order valence-corrected chi connectivity index (χ4v) is 3.89. The number of fused-ring (bicyclic) bond motifs is 1. The molecule has 1 spiro atoms. The molecule has 0 radical (unpaired) electrons. The molecular formula is C21H20N2O4. The number of rotatable bonds is 3. The summed E-state index contributed by atoms with van der Waals surface area (Å²) in [6.45, 7) is 0.176. The molecule has 1 unspecified atom stereocenters. The summed E-state index contributed by atoms with van der Waals surface area (Å²) in [5, 5.41) is 2.93. The van der Waals surface area contributed by atoms with Gasteiger partial charge in [0, 0.05) is 6.42 Å². The number of ether oxygens (including phenoxy) is 1. The van der Waals surface area contributed by atoms with Crippen LogP contribution in [-0.4, -0.2) is 35.5 Å². The Balaban J connectivity index is 1.53. The van der Waals surface area contributed by atoms with Gasteiger partial charge in [-0.15, -0.1) is 0 Å². The molecule has 3 amide bonds. The molecule has 27 heavy (non-hydrogen) atoms. The van der Waals surface area contributed by atoms with E-state index in [2.05, 4.69) is 16.1 Å². The number of hydrogen-bond acceptors (Lipinski definition) is 4. The maximum absolute atomic E-state index is 13.1. The molecule has 1 heterocycles. The van der Waals surface area contributed by atoms with Crippen molar-refractivity contribution in [1.82, 2.24) is 10.2 Å². The maximum Gasteiger partial charge on any atom is 0.337 e. The van der Waals surface area contributed by atoms with Crippen LogP contribution in [0.3, 0.4) is 0 Å². The first kappa shape index (κ1) is 17.3. The van der Waals surface area contributed by atoms with Gasteiger partial charge in [-0.2, -0.15) is 0 Å². The van der Waals surface area contributed by atoms with Crippen LogP contribution in [0.4, 0.5) is 4.79 Å². The Morgan fingerprint density at radius 3 is 2.52 bits per heavy atom. The number of esters is 1. The van der Waals surface area contributed by atoms with E-state index in [0.717, 1.165) is 17.5 Å². The van der Waals surface area contributed by atoms with E-state index >= 15 is 0 Å². The third-order valence-electron chi connectivity index (χ3n) is 5.39. The summed E-state index contributed by atoms with van der Waals surface area (Å²) in [6.07, 6.45) is 1.89. The van der Waals surface area contributed by atoms with Crippen LogP contribution in [0.5, 0.6) is 0 Å². The number of amides is 3. The largest absolute Gasteiger partial charge is 0.465 e. The first-order chi connectivity index (χ1) is 13.0. The summed E-state index contributed by atoms with van der Waals surface area (Å²) < 4.78 is 4.68. The predicted molar refractivity (Wildman–Crippen MR) is 98.1 cm³/mol.